The van der Waals surface area contributed by atoms with Gasteiger partial charge in [0.25, 0.3) is 0 Å². The van der Waals surface area contributed by atoms with Gasteiger partial charge in [-0.3, -0.25) is 4.90 Å². The Kier molecular flexibility index (Phi) is 3.23. The van der Waals surface area contributed by atoms with Gasteiger partial charge in [0.2, 0.25) is 0 Å². The van der Waals surface area contributed by atoms with Crippen molar-refractivity contribution in [2.45, 2.75) is 57.4 Å². The molecule has 1 amide bonds. The number of carbonyl (C=O) groups excluding carboxylic acids is 1. The molecule has 18 heavy (non-hydrogen) atoms. The molecule has 0 aliphatic carbocycles. The molecule has 2 rings (SSSR count). The van der Waals surface area contributed by atoms with Gasteiger partial charge >= 0.3 is 12.1 Å². The first kappa shape index (κ1) is 13.1. The summed E-state index contributed by atoms with van der Waals surface area (Å²) in [5.41, 5.74) is -0.627. The summed E-state index contributed by atoms with van der Waals surface area (Å²) in [5, 5.41) is 9.18. The standard InChI is InChI=1S/C12H19NO5/c1-12(2,3)18-11(16)13-7-4-5-17-9(7)6-8(13)10(14)15/h7-9H,4-6H2,1-3H3,(H,14,15)/t7-,8-,9-/m0/s1. The summed E-state index contributed by atoms with van der Waals surface area (Å²) in [5.74, 6) is -1.00. The van der Waals surface area contributed by atoms with Crippen molar-refractivity contribution in [2.24, 2.45) is 0 Å². The highest BCUT2D eigenvalue weighted by molar-refractivity contribution is 5.81. The number of rotatable bonds is 1. The number of carbonyl (C=O) groups is 2. The average Bonchev–Trinajstić information content (AvgIpc) is 2.70. The second-order valence-electron chi connectivity index (χ2n) is 5.74. The van der Waals surface area contributed by atoms with Gasteiger partial charge in [0.15, 0.2) is 0 Å². The first-order valence-corrected chi connectivity index (χ1v) is 6.15. The van der Waals surface area contributed by atoms with Crippen molar-refractivity contribution in [2.75, 3.05) is 6.61 Å². The number of aliphatic carboxylic acids is 1. The summed E-state index contributed by atoms with van der Waals surface area (Å²) < 4.78 is 10.7. The number of carboxylic acids is 1. The van der Waals surface area contributed by atoms with Crippen LogP contribution in [0.4, 0.5) is 4.79 Å². The van der Waals surface area contributed by atoms with Crippen LogP contribution >= 0.6 is 0 Å². The monoisotopic (exact) mass is 257 g/mol. The summed E-state index contributed by atoms with van der Waals surface area (Å²) in [6, 6.07) is -1.00. The van der Waals surface area contributed by atoms with E-state index in [9.17, 15) is 14.7 Å². The van der Waals surface area contributed by atoms with E-state index >= 15 is 0 Å². The SMILES string of the molecule is CC(C)(C)OC(=O)N1[C@H](C(=O)O)C[C@@H]2OCC[C@@H]21. The number of fused-ring (bicyclic) bond motifs is 1. The smallest absolute Gasteiger partial charge is 0.411 e. The maximum Gasteiger partial charge on any atom is 0.411 e. The third-order valence-electron chi connectivity index (χ3n) is 3.21. The van der Waals surface area contributed by atoms with Crippen molar-refractivity contribution in [3.63, 3.8) is 0 Å². The van der Waals surface area contributed by atoms with Crippen LogP contribution < -0.4 is 0 Å². The zero-order valence-corrected chi connectivity index (χ0v) is 10.9. The fourth-order valence-corrected chi connectivity index (χ4v) is 2.54. The van der Waals surface area contributed by atoms with E-state index < -0.39 is 23.7 Å². The number of carboxylic acid groups (broad SMARTS) is 1. The predicted molar refractivity (Wildman–Crippen MR) is 62.3 cm³/mol. The molecular formula is C12H19NO5. The van der Waals surface area contributed by atoms with Crippen LogP contribution in [0.2, 0.25) is 0 Å². The van der Waals surface area contributed by atoms with Crippen LogP contribution in [-0.4, -0.2) is 52.5 Å². The van der Waals surface area contributed by atoms with E-state index in [1.165, 1.54) is 4.90 Å². The molecule has 0 spiro atoms. The Morgan fingerprint density at radius 1 is 1.39 bits per heavy atom. The number of nitrogens with zero attached hydrogens (tertiary/aromatic N) is 1. The normalized spacial score (nSPS) is 31.3. The van der Waals surface area contributed by atoms with E-state index in [1.54, 1.807) is 20.8 Å². The maximum absolute atomic E-state index is 12.1. The molecule has 2 heterocycles. The lowest BCUT2D eigenvalue weighted by Crippen LogP contribution is -2.47. The molecular weight excluding hydrogens is 238 g/mol. The van der Waals surface area contributed by atoms with Crippen LogP contribution in [-0.2, 0) is 14.3 Å². The molecule has 1 N–H and O–H groups in total. The summed E-state index contributed by atoms with van der Waals surface area (Å²) in [4.78, 5) is 24.6. The summed E-state index contributed by atoms with van der Waals surface area (Å²) in [7, 11) is 0. The minimum atomic E-state index is -1.00. The van der Waals surface area contributed by atoms with Gasteiger partial charge in [0, 0.05) is 13.0 Å². The molecule has 2 fully saturated rings. The number of ether oxygens (including phenoxy) is 2. The van der Waals surface area contributed by atoms with Gasteiger partial charge in [0.1, 0.15) is 11.6 Å². The number of hydrogen-bond acceptors (Lipinski definition) is 4. The molecule has 0 aromatic heterocycles. The lowest BCUT2D eigenvalue weighted by molar-refractivity contribution is -0.142. The van der Waals surface area contributed by atoms with E-state index in [1.807, 2.05) is 0 Å². The summed E-state index contributed by atoms with van der Waals surface area (Å²) >= 11 is 0. The molecule has 0 unspecified atom stereocenters. The van der Waals surface area contributed by atoms with E-state index in [2.05, 4.69) is 0 Å². The first-order chi connectivity index (χ1) is 8.29. The summed E-state index contributed by atoms with van der Waals surface area (Å²) in [6.45, 7) is 5.86. The first-order valence-electron chi connectivity index (χ1n) is 6.15. The molecule has 2 saturated heterocycles. The van der Waals surface area contributed by atoms with Gasteiger partial charge in [-0.05, 0) is 27.2 Å². The van der Waals surface area contributed by atoms with Crippen LogP contribution in [0.5, 0.6) is 0 Å². The lowest BCUT2D eigenvalue weighted by Gasteiger charge is -2.30. The molecule has 102 valence electrons. The lowest BCUT2D eigenvalue weighted by atomic mass is 10.1. The Bertz CT molecular complexity index is 362. The highest BCUT2D eigenvalue weighted by Crippen LogP contribution is 2.34. The zero-order valence-electron chi connectivity index (χ0n) is 10.9. The third-order valence-corrected chi connectivity index (χ3v) is 3.21. The van der Waals surface area contributed by atoms with Gasteiger partial charge in [-0.25, -0.2) is 9.59 Å². The van der Waals surface area contributed by atoms with Crippen LogP contribution in [0.1, 0.15) is 33.6 Å². The van der Waals surface area contributed by atoms with E-state index in [0.29, 0.717) is 19.4 Å². The fraction of sp³-hybridized carbons (Fsp3) is 0.833. The predicted octanol–water partition coefficient (Wildman–Crippen LogP) is 1.24. The van der Waals surface area contributed by atoms with Crippen LogP contribution in [0.25, 0.3) is 0 Å². The topological polar surface area (TPSA) is 76.1 Å². The van der Waals surface area contributed by atoms with Crippen molar-refractivity contribution in [3.05, 3.63) is 0 Å². The summed E-state index contributed by atoms with van der Waals surface area (Å²) in [6.07, 6.45) is 0.291. The Labute approximate surface area is 106 Å². The Hall–Kier alpha value is -1.30. The van der Waals surface area contributed by atoms with Crippen molar-refractivity contribution >= 4 is 12.1 Å². The second kappa shape index (κ2) is 4.42. The minimum absolute atomic E-state index is 0.166. The molecule has 6 heteroatoms. The number of likely N-dealkylation sites (tertiary alicyclic amines) is 1. The van der Waals surface area contributed by atoms with E-state index in [4.69, 9.17) is 9.47 Å². The van der Waals surface area contributed by atoms with E-state index in [-0.39, 0.29) is 12.1 Å². The highest BCUT2D eigenvalue weighted by Gasteiger charge is 2.51. The van der Waals surface area contributed by atoms with Gasteiger partial charge in [-0.2, -0.15) is 0 Å². The molecule has 0 saturated carbocycles. The Morgan fingerprint density at radius 2 is 2.06 bits per heavy atom. The third kappa shape index (κ3) is 2.43. The maximum atomic E-state index is 12.1. The average molecular weight is 257 g/mol. The molecule has 0 aromatic rings. The van der Waals surface area contributed by atoms with Gasteiger partial charge < -0.3 is 14.6 Å². The van der Waals surface area contributed by atoms with Gasteiger partial charge in [-0.15, -0.1) is 0 Å². The minimum Gasteiger partial charge on any atom is -0.480 e. The van der Waals surface area contributed by atoms with Crippen molar-refractivity contribution < 1.29 is 24.2 Å². The van der Waals surface area contributed by atoms with E-state index in [0.717, 1.165) is 0 Å². The van der Waals surface area contributed by atoms with Gasteiger partial charge in [-0.1, -0.05) is 0 Å². The molecule has 6 nitrogen and oxygen atoms in total. The molecule has 2 aliphatic heterocycles. The number of amides is 1. The highest BCUT2D eigenvalue weighted by atomic mass is 16.6. The molecule has 0 aromatic carbocycles. The molecule has 3 atom stereocenters. The Balaban J connectivity index is 2.16. The molecule has 2 aliphatic rings. The van der Waals surface area contributed by atoms with Crippen LogP contribution in [0.3, 0.4) is 0 Å². The van der Waals surface area contributed by atoms with Crippen molar-refractivity contribution in [3.8, 4) is 0 Å². The molecule has 0 radical (unpaired) electrons. The van der Waals surface area contributed by atoms with Crippen molar-refractivity contribution in [1.82, 2.24) is 4.90 Å². The van der Waals surface area contributed by atoms with Gasteiger partial charge in [0.05, 0.1) is 12.1 Å². The van der Waals surface area contributed by atoms with Crippen LogP contribution in [0, 0.1) is 0 Å². The second-order valence-corrected chi connectivity index (χ2v) is 5.74. The van der Waals surface area contributed by atoms with Crippen LogP contribution in [0.15, 0.2) is 0 Å². The Morgan fingerprint density at radius 3 is 2.61 bits per heavy atom. The zero-order chi connectivity index (χ0) is 13.5. The quantitative estimate of drug-likeness (QED) is 0.764. The fourth-order valence-electron chi connectivity index (χ4n) is 2.54. The largest absolute Gasteiger partial charge is 0.480 e. The molecule has 0 bridgehead atoms. The van der Waals surface area contributed by atoms with Crippen molar-refractivity contribution in [1.29, 1.82) is 0 Å². The number of hydrogen-bond donors (Lipinski definition) is 1.